The lowest BCUT2D eigenvalue weighted by Gasteiger charge is -2.36. The van der Waals surface area contributed by atoms with E-state index in [2.05, 4.69) is 5.32 Å². The van der Waals surface area contributed by atoms with Crippen molar-refractivity contribution in [3.05, 3.63) is 30.1 Å². The van der Waals surface area contributed by atoms with Gasteiger partial charge in [-0.05, 0) is 37.8 Å². The second-order valence-electron chi connectivity index (χ2n) is 6.27. The van der Waals surface area contributed by atoms with Crippen LogP contribution in [-0.4, -0.2) is 35.5 Å². The minimum atomic E-state index is -0.982. The summed E-state index contributed by atoms with van der Waals surface area (Å²) in [4.78, 5) is 37.2. The number of hydrogen-bond donors (Lipinski definition) is 2. The highest BCUT2D eigenvalue weighted by Crippen LogP contribution is 2.35. The molecule has 3 unspecified atom stereocenters. The van der Waals surface area contributed by atoms with E-state index in [1.54, 1.807) is 12.1 Å². The molecular formula is C17H19FN2O4. The maximum absolute atomic E-state index is 13.9. The number of carboxylic acids is 1. The van der Waals surface area contributed by atoms with Gasteiger partial charge >= 0.3 is 5.97 Å². The molecule has 1 heterocycles. The van der Waals surface area contributed by atoms with Crippen LogP contribution in [0.15, 0.2) is 24.3 Å². The van der Waals surface area contributed by atoms with Crippen molar-refractivity contribution in [2.45, 2.75) is 31.7 Å². The highest BCUT2D eigenvalue weighted by atomic mass is 19.1. The van der Waals surface area contributed by atoms with Crippen LogP contribution >= 0.6 is 0 Å². The van der Waals surface area contributed by atoms with E-state index < -0.39 is 35.6 Å². The summed E-state index contributed by atoms with van der Waals surface area (Å²) < 4.78 is 13.9. The number of aliphatic carboxylic acids is 1. The fraction of sp³-hybridized carbons (Fsp3) is 0.471. The summed E-state index contributed by atoms with van der Waals surface area (Å²) in [6.07, 6.45) is 2.10. The molecule has 1 aromatic rings. The summed E-state index contributed by atoms with van der Waals surface area (Å²) in [6, 6.07) is 5.29. The summed E-state index contributed by atoms with van der Waals surface area (Å²) in [5, 5.41) is 11.7. The number of anilines is 1. The Morgan fingerprint density at radius 2 is 1.88 bits per heavy atom. The van der Waals surface area contributed by atoms with Crippen LogP contribution < -0.4 is 10.2 Å². The number of carboxylic acid groups (broad SMARTS) is 1. The van der Waals surface area contributed by atoms with Gasteiger partial charge in [0.1, 0.15) is 11.9 Å². The van der Waals surface area contributed by atoms with Gasteiger partial charge in [0, 0.05) is 6.54 Å². The average molecular weight is 334 g/mol. The molecule has 1 saturated heterocycles. The Hall–Kier alpha value is -2.44. The van der Waals surface area contributed by atoms with Crippen molar-refractivity contribution >= 4 is 23.5 Å². The first-order valence-electron chi connectivity index (χ1n) is 8.08. The van der Waals surface area contributed by atoms with Gasteiger partial charge in [-0.15, -0.1) is 0 Å². The zero-order valence-electron chi connectivity index (χ0n) is 13.1. The molecule has 3 rings (SSSR count). The summed E-state index contributed by atoms with van der Waals surface area (Å²) in [6.45, 7) is 0.396. The number of nitrogens with one attached hydrogen (secondary N) is 1. The Labute approximate surface area is 138 Å². The number of nitrogens with zero attached hydrogens (tertiary/aromatic N) is 1. The van der Waals surface area contributed by atoms with Gasteiger partial charge in [0.05, 0.1) is 17.5 Å². The number of hydrogen-bond acceptors (Lipinski definition) is 3. The summed E-state index contributed by atoms with van der Waals surface area (Å²) in [7, 11) is 0. The van der Waals surface area contributed by atoms with Crippen LogP contribution in [0.5, 0.6) is 0 Å². The van der Waals surface area contributed by atoms with E-state index in [1.165, 1.54) is 17.0 Å². The van der Waals surface area contributed by atoms with Crippen molar-refractivity contribution in [3.8, 4) is 0 Å². The fourth-order valence-electron chi connectivity index (χ4n) is 3.31. The minimum absolute atomic E-state index is 0.202. The number of rotatable bonds is 4. The molecule has 2 aliphatic rings. The summed E-state index contributed by atoms with van der Waals surface area (Å²) in [5.74, 6) is -3.48. The third kappa shape index (κ3) is 2.98. The standard InChI is InChI=1S/C17H19FN2O4/c18-12-4-1-2-6-14(12)20-9-3-5-13(16(20)22)19-15(21)10-7-8-11(10)17(23)24/h1-2,4,6,10-11,13H,3,5,7-9H2,(H,19,21)(H,23,24). The number of para-hydroxylation sites is 1. The molecule has 1 aliphatic carbocycles. The molecule has 7 heteroatoms. The number of carbonyl (C=O) groups excluding carboxylic acids is 2. The van der Waals surface area contributed by atoms with Crippen molar-refractivity contribution in [1.29, 1.82) is 0 Å². The predicted molar refractivity (Wildman–Crippen MR) is 83.8 cm³/mol. The van der Waals surface area contributed by atoms with Crippen LogP contribution in [-0.2, 0) is 14.4 Å². The molecule has 0 radical (unpaired) electrons. The first kappa shape index (κ1) is 16.4. The molecule has 1 aromatic carbocycles. The number of carbonyl (C=O) groups is 3. The van der Waals surface area contributed by atoms with E-state index in [0.29, 0.717) is 32.2 Å². The highest BCUT2D eigenvalue weighted by molar-refractivity contribution is 6.00. The number of benzene rings is 1. The zero-order valence-corrected chi connectivity index (χ0v) is 13.1. The molecule has 3 atom stereocenters. The lowest BCUT2D eigenvalue weighted by atomic mass is 9.73. The molecule has 1 aliphatic heterocycles. The van der Waals surface area contributed by atoms with Crippen molar-refractivity contribution in [2.24, 2.45) is 11.8 Å². The van der Waals surface area contributed by atoms with Gasteiger partial charge < -0.3 is 15.3 Å². The molecule has 0 bridgehead atoms. The zero-order chi connectivity index (χ0) is 17.3. The molecule has 24 heavy (non-hydrogen) atoms. The van der Waals surface area contributed by atoms with Crippen molar-refractivity contribution in [2.75, 3.05) is 11.4 Å². The second-order valence-corrected chi connectivity index (χ2v) is 6.27. The Kier molecular flexibility index (Phi) is 4.51. The van der Waals surface area contributed by atoms with Crippen LogP contribution in [0.4, 0.5) is 10.1 Å². The van der Waals surface area contributed by atoms with Crippen LogP contribution in [0.1, 0.15) is 25.7 Å². The first-order chi connectivity index (χ1) is 11.5. The predicted octanol–water partition coefficient (Wildman–Crippen LogP) is 1.55. The summed E-state index contributed by atoms with van der Waals surface area (Å²) >= 11 is 0. The smallest absolute Gasteiger partial charge is 0.307 e. The third-order valence-corrected chi connectivity index (χ3v) is 4.83. The van der Waals surface area contributed by atoms with Gasteiger partial charge in [-0.2, -0.15) is 0 Å². The van der Waals surface area contributed by atoms with Crippen LogP contribution in [0, 0.1) is 17.7 Å². The van der Waals surface area contributed by atoms with Gasteiger partial charge in [-0.1, -0.05) is 12.1 Å². The molecular weight excluding hydrogens is 315 g/mol. The van der Waals surface area contributed by atoms with Crippen molar-refractivity contribution in [3.63, 3.8) is 0 Å². The minimum Gasteiger partial charge on any atom is -0.481 e. The molecule has 0 aromatic heterocycles. The first-order valence-corrected chi connectivity index (χ1v) is 8.08. The number of halogens is 1. The molecule has 128 valence electrons. The Bertz CT molecular complexity index is 678. The van der Waals surface area contributed by atoms with E-state index in [-0.39, 0.29) is 11.6 Å². The van der Waals surface area contributed by atoms with Crippen LogP contribution in [0.25, 0.3) is 0 Å². The monoisotopic (exact) mass is 334 g/mol. The Morgan fingerprint density at radius 3 is 2.50 bits per heavy atom. The maximum atomic E-state index is 13.9. The van der Waals surface area contributed by atoms with Gasteiger partial charge in [0.25, 0.3) is 0 Å². The Morgan fingerprint density at radius 1 is 1.17 bits per heavy atom. The largest absolute Gasteiger partial charge is 0.481 e. The van der Waals surface area contributed by atoms with E-state index in [9.17, 15) is 18.8 Å². The lowest BCUT2D eigenvalue weighted by Crippen LogP contribution is -2.55. The van der Waals surface area contributed by atoms with Gasteiger partial charge in [-0.25, -0.2) is 4.39 Å². The maximum Gasteiger partial charge on any atom is 0.307 e. The quantitative estimate of drug-likeness (QED) is 0.875. The highest BCUT2D eigenvalue weighted by Gasteiger charge is 2.43. The van der Waals surface area contributed by atoms with E-state index in [0.717, 1.165) is 0 Å². The molecule has 2 amide bonds. The van der Waals surface area contributed by atoms with Crippen LogP contribution in [0.3, 0.4) is 0 Å². The number of piperidine rings is 1. The average Bonchev–Trinajstić information content (AvgIpc) is 2.48. The van der Waals surface area contributed by atoms with E-state index in [4.69, 9.17) is 5.11 Å². The summed E-state index contributed by atoms with van der Waals surface area (Å²) in [5.41, 5.74) is 0.202. The van der Waals surface area contributed by atoms with E-state index in [1.807, 2.05) is 0 Å². The molecule has 2 N–H and O–H groups in total. The fourth-order valence-corrected chi connectivity index (χ4v) is 3.31. The van der Waals surface area contributed by atoms with Crippen LogP contribution in [0.2, 0.25) is 0 Å². The molecule has 2 fully saturated rings. The van der Waals surface area contributed by atoms with E-state index >= 15 is 0 Å². The molecule has 6 nitrogen and oxygen atoms in total. The molecule has 0 spiro atoms. The SMILES string of the molecule is O=C(O)C1CCC1C(=O)NC1CCCN(c2ccccc2F)C1=O. The van der Waals surface area contributed by atoms with Crippen molar-refractivity contribution < 1.29 is 23.9 Å². The second kappa shape index (κ2) is 6.59. The lowest BCUT2D eigenvalue weighted by molar-refractivity contribution is -0.153. The Balaban J connectivity index is 1.68. The van der Waals surface area contributed by atoms with Gasteiger partial charge in [0.15, 0.2) is 0 Å². The normalized spacial score (nSPS) is 26.6. The number of amides is 2. The van der Waals surface area contributed by atoms with Crippen molar-refractivity contribution in [1.82, 2.24) is 5.32 Å². The van der Waals surface area contributed by atoms with Gasteiger partial charge in [0.2, 0.25) is 11.8 Å². The topological polar surface area (TPSA) is 86.7 Å². The molecule has 1 saturated carbocycles. The third-order valence-electron chi connectivity index (χ3n) is 4.83. The van der Waals surface area contributed by atoms with Gasteiger partial charge in [-0.3, -0.25) is 14.4 Å².